The first-order chi connectivity index (χ1) is 14.1. The second-order valence-electron chi connectivity index (χ2n) is 8.69. The Morgan fingerprint density at radius 1 is 1.20 bits per heavy atom. The van der Waals surface area contributed by atoms with E-state index in [9.17, 15) is 4.79 Å². The number of nitrogens with zero attached hydrogens (tertiary/aromatic N) is 3. The SMILES string of the molecule is Cc1cc(Br)cc(C)c1Nc1ccnc(NC2CCN(C(=O)OC(C)(C)C)CC2)n1. The summed E-state index contributed by atoms with van der Waals surface area (Å²) in [6.45, 7) is 11.1. The van der Waals surface area contributed by atoms with Crippen LogP contribution in [-0.2, 0) is 4.74 Å². The lowest BCUT2D eigenvalue weighted by Crippen LogP contribution is -2.44. The van der Waals surface area contributed by atoms with Crippen molar-refractivity contribution in [2.45, 2.75) is 59.1 Å². The molecule has 30 heavy (non-hydrogen) atoms. The highest BCUT2D eigenvalue weighted by molar-refractivity contribution is 9.10. The summed E-state index contributed by atoms with van der Waals surface area (Å²) in [4.78, 5) is 23.0. The molecule has 2 heterocycles. The van der Waals surface area contributed by atoms with Crippen LogP contribution in [0.25, 0.3) is 0 Å². The molecule has 1 aliphatic heterocycles. The number of amides is 1. The molecule has 1 aromatic carbocycles. The van der Waals surface area contributed by atoms with Crippen LogP contribution in [0.2, 0.25) is 0 Å². The molecule has 1 aliphatic rings. The van der Waals surface area contributed by atoms with Crippen molar-refractivity contribution in [2.24, 2.45) is 0 Å². The number of nitrogens with one attached hydrogen (secondary N) is 2. The molecule has 0 unspecified atom stereocenters. The van der Waals surface area contributed by atoms with Crippen molar-refractivity contribution in [1.29, 1.82) is 0 Å². The smallest absolute Gasteiger partial charge is 0.410 e. The fourth-order valence-corrected chi connectivity index (χ4v) is 4.14. The molecule has 0 saturated carbocycles. The van der Waals surface area contributed by atoms with E-state index in [1.165, 1.54) is 0 Å². The molecule has 0 spiro atoms. The Labute approximate surface area is 186 Å². The van der Waals surface area contributed by atoms with E-state index in [4.69, 9.17) is 4.74 Å². The number of aromatic nitrogens is 2. The van der Waals surface area contributed by atoms with Crippen LogP contribution in [0.3, 0.4) is 0 Å². The summed E-state index contributed by atoms with van der Waals surface area (Å²) in [7, 11) is 0. The monoisotopic (exact) mass is 475 g/mol. The van der Waals surface area contributed by atoms with E-state index in [1.54, 1.807) is 11.1 Å². The second kappa shape index (κ2) is 9.20. The minimum atomic E-state index is -0.473. The van der Waals surface area contributed by atoms with Gasteiger partial charge in [-0.15, -0.1) is 0 Å². The lowest BCUT2D eigenvalue weighted by atomic mass is 10.1. The number of carbonyl (C=O) groups excluding carboxylic acids is 1. The molecule has 8 heteroatoms. The molecule has 0 atom stereocenters. The van der Waals surface area contributed by atoms with Crippen molar-refractivity contribution in [3.8, 4) is 0 Å². The number of anilines is 3. The van der Waals surface area contributed by atoms with Gasteiger partial charge in [0.2, 0.25) is 5.95 Å². The van der Waals surface area contributed by atoms with Crippen LogP contribution in [0.1, 0.15) is 44.7 Å². The van der Waals surface area contributed by atoms with Gasteiger partial charge < -0.3 is 20.3 Å². The summed E-state index contributed by atoms with van der Waals surface area (Å²) in [5.74, 6) is 1.33. The number of benzene rings is 1. The average molecular weight is 476 g/mol. The number of piperidine rings is 1. The van der Waals surface area contributed by atoms with Gasteiger partial charge in [-0.1, -0.05) is 15.9 Å². The number of halogens is 1. The van der Waals surface area contributed by atoms with Crippen molar-refractivity contribution in [1.82, 2.24) is 14.9 Å². The Bertz CT molecular complexity index is 882. The molecule has 1 aromatic heterocycles. The Morgan fingerprint density at radius 2 is 1.83 bits per heavy atom. The standard InChI is InChI=1S/C22H30BrN5O2/c1-14-12-16(23)13-15(2)19(14)26-18-6-9-24-20(27-18)25-17-7-10-28(11-8-17)21(29)30-22(3,4)5/h6,9,12-13,17H,7-8,10-11H2,1-5H3,(H2,24,25,26,27). The molecule has 2 aromatic rings. The maximum Gasteiger partial charge on any atom is 0.410 e. The molecule has 1 fully saturated rings. The number of hydrogen-bond acceptors (Lipinski definition) is 6. The zero-order chi connectivity index (χ0) is 21.9. The van der Waals surface area contributed by atoms with Crippen LogP contribution < -0.4 is 10.6 Å². The number of aryl methyl sites for hydroxylation is 2. The predicted octanol–water partition coefficient (Wildman–Crippen LogP) is 5.41. The number of likely N-dealkylation sites (tertiary alicyclic amines) is 1. The maximum absolute atomic E-state index is 12.2. The van der Waals surface area contributed by atoms with E-state index in [1.807, 2.05) is 26.8 Å². The highest BCUT2D eigenvalue weighted by atomic mass is 79.9. The number of hydrogen-bond donors (Lipinski definition) is 2. The third-order valence-electron chi connectivity index (χ3n) is 4.89. The topological polar surface area (TPSA) is 79.4 Å². The van der Waals surface area contributed by atoms with Crippen molar-refractivity contribution in [2.75, 3.05) is 23.7 Å². The molecule has 0 bridgehead atoms. The number of rotatable bonds is 4. The van der Waals surface area contributed by atoms with Gasteiger partial charge in [0.1, 0.15) is 11.4 Å². The van der Waals surface area contributed by atoms with Crippen LogP contribution in [0.15, 0.2) is 28.9 Å². The molecule has 0 radical (unpaired) electrons. The first-order valence-electron chi connectivity index (χ1n) is 10.2. The first-order valence-corrected chi connectivity index (χ1v) is 11.0. The third kappa shape index (κ3) is 6.08. The first kappa shape index (κ1) is 22.3. The third-order valence-corrected chi connectivity index (χ3v) is 5.34. The predicted molar refractivity (Wildman–Crippen MR) is 123 cm³/mol. The molecule has 2 N–H and O–H groups in total. The minimum Gasteiger partial charge on any atom is -0.444 e. The van der Waals surface area contributed by atoms with Crippen LogP contribution in [0.5, 0.6) is 0 Å². The molecule has 1 amide bonds. The number of ether oxygens (including phenoxy) is 1. The largest absolute Gasteiger partial charge is 0.444 e. The Hall–Kier alpha value is -2.35. The molecule has 1 saturated heterocycles. The van der Waals surface area contributed by atoms with Crippen LogP contribution in [-0.4, -0.2) is 45.7 Å². The van der Waals surface area contributed by atoms with Gasteiger partial charge in [-0.3, -0.25) is 0 Å². The van der Waals surface area contributed by atoms with Crippen molar-refractivity contribution in [3.05, 3.63) is 40.0 Å². The Balaban J connectivity index is 1.58. The highest BCUT2D eigenvalue weighted by Crippen LogP contribution is 2.28. The molecule has 0 aliphatic carbocycles. The van der Waals surface area contributed by atoms with Gasteiger partial charge in [0.25, 0.3) is 0 Å². The van der Waals surface area contributed by atoms with Crippen LogP contribution >= 0.6 is 15.9 Å². The normalized spacial score (nSPS) is 15.1. The van der Waals surface area contributed by atoms with Gasteiger partial charge in [0, 0.05) is 35.5 Å². The average Bonchev–Trinajstić information content (AvgIpc) is 2.64. The van der Waals surface area contributed by atoms with E-state index >= 15 is 0 Å². The van der Waals surface area contributed by atoms with Gasteiger partial charge in [-0.25, -0.2) is 9.78 Å². The van der Waals surface area contributed by atoms with Gasteiger partial charge >= 0.3 is 6.09 Å². The Kier molecular flexibility index (Phi) is 6.85. The second-order valence-corrected chi connectivity index (χ2v) is 9.61. The van der Waals surface area contributed by atoms with E-state index in [-0.39, 0.29) is 12.1 Å². The fourth-order valence-electron chi connectivity index (χ4n) is 3.45. The highest BCUT2D eigenvalue weighted by Gasteiger charge is 2.27. The quantitative estimate of drug-likeness (QED) is 0.614. The van der Waals surface area contributed by atoms with Crippen molar-refractivity contribution >= 4 is 39.5 Å². The lowest BCUT2D eigenvalue weighted by Gasteiger charge is -2.33. The zero-order valence-electron chi connectivity index (χ0n) is 18.3. The maximum atomic E-state index is 12.2. The summed E-state index contributed by atoms with van der Waals surface area (Å²) < 4.78 is 6.52. The van der Waals surface area contributed by atoms with E-state index in [0.29, 0.717) is 19.0 Å². The summed E-state index contributed by atoms with van der Waals surface area (Å²) in [6, 6.07) is 6.23. The molecular weight excluding hydrogens is 446 g/mol. The van der Waals surface area contributed by atoms with E-state index in [0.717, 1.165) is 39.9 Å². The van der Waals surface area contributed by atoms with E-state index in [2.05, 4.69) is 62.5 Å². The molecule has 7 nitrogen and oxygen atoms in total. The van der Waals surface area contributed by atoms with Gasteiger partial charge in [-0.2, -0.15) is 4.98 Å². The van der Waals surface area contributed by atoms with Crippen molar-refractivity contribution in [3.63, 3.8) is 0 Å². The molecule has 3 rings (SSSR count). The Morgan fingerprint density at radius 3 is 2.43 bits per heavy atom. The number of carbonyl (C=O) groups is 1. The lowest BCUT2D eigenvalue weighted by molar-refractivity contribution is 0.0210. The fraction of sp³-hybridized carbons (Fsp3) is 0.500. The summed E-state index contributed by atoms with van der Waals surface area (Å²) >= 11 is 3.53. The van der Waals surface area contributed by atoms with Crippen LogP contribution in [0.4, 0.5) is 22.2 Å². The zero-order valence-corrected chi connectivity index (χ0v) is 19.8. The molecular formula is C22H30BrN5O2. The summed E-state index contributed by atoms with van der Waals surface area (Å²) in [6.07, 6.45) is 3.15. The van der Waals surface area contributed by atoms with Gasteiger partial charge in [0.05, 0.1) is 0 Å². The van der Waals surface area contributed by atoms with Gasteiger partial charge in [0.15, 0.2) is 0 Å². The summed E-state index contributed by atoms with van der Waals surface area (Å²) in [5.41, 5.74) is 2.86. The van der Waals surface area contributed by atoms with Gasteiger partial charge in [-0.05, 0) is 76.8 Å². The molecule has 162 valence electrons. The van der Waals surface area contributed by atoms with E-state index < -0.39 is 5.60 Å². The minimum absolute atomic E-state index is 0.218. The summed E-state index contributed by atoms with van der Waals surface area (Å²) in [5, 5.41) is 6.81. The van der Waals surface area contributed by atoms with Crippen molar-refractivity contribution < 1.29 is 9.53 Å². The van der Waals surface area contributed by atoms with Crippen LogP contribution in [0, 0.1) is 13.8 Å².